The minimum atomic E-state index is 0.706. The number of rotatable bonds is 11. The van der Waals surface area contributed by atoms with Crippen molar-refractivity contribution in [3.63, 3.8) is 0 Å². The molecule has 8 heteroatoms. The Balaban J connectivity index is 1.32. The molecule has 2 aromatic heterocycles. The van der Waals surface area contributed by atoms with E-state index < -0.39 is 0 Å². The molecule has 0 radical (unpaired) electrons. The van der Waals surface area contributed by atoms with Crippen molar-refractivity contribution in [1.82, 2.24) is 15.2 Å². The van der Waals surface area contributed by atoms with E-state index in [1.54, 1.807) is 0 Å². The van der Waals surface area contributed by atoms with Gasteiger partial charge in [0, 0.05) is 18.8 Å². The van der Waals surface area contributed by atoms with E-state index in [0.717, 1.165) is 54.4 Å². The van der Waals surface area contributed by atoms with Gasteiger partial charge in [0.15, 0.2) is 0 Å². The number of hydrogen-bond acceptors (Lipinski definition) is 8. The Hall–Kier alpha value is -1.67. The van der Waals surface area contributed by atoms with E-state index in [1.165, 1.54) is 32.1 Å². The van der Waals surface area contributed by atoms with Crippen LogP contribution >= 0.6 is 11.8 Å². The van der Waals surface area contributed by atoms with Gasteiger partial charge in [-0.3, -0.25) is 0 Å². The maximum absolute atomic E-state index is 5.83. The van der Waals surface area contributed by atoms with Gasteiger partial charge in [0.05, 0.1) is 12.3 Å². The van der Waals surface area contributed by atoms with Gasteiger partial charge in [0.1, 0.15) is 11.5 Å². The van der Waals surface area contributed by atoms with Crippen molar-refractivity contribution in [3.05, 3.63) is 23.7 Å². The van der Waals surface area contributed by atoms with Crippen molar-refractivity contribution in [3.8, 4) is 0 Å². The molecule has 1 aliphatic carbocycles. The SMILES string of the molecule is CN(C)Cc1ccc(CSCCNc2nonc2NCC2CCCCC2)o1. The largest absolute Gasteiger partial charge is 0.464 e. The predicted octanol–water partition coefficient (Wildman–Crippen LogP) is 4.06. The molecular weight excluding hydrogens is 362 g/mol. The summed E-state index contributed by atoms with van der Waals surface area (Å²) in [5.74, 6) is 6.04. The Morgan fingerprint density at radius 1 is 1.07 bits per heavy atom. The number of furan rings is 1. The second-order valence-electron chi connectivity index (χ2n) is 7.43. The van der Waals surface area contributed by atoms with Crippen molar-refractivity contribution >= 4 is 23.4 Å². The van der Waals surface area contributed by atoms with E-state index in [9.17, 15) is 0 Å². The van der Waals surface area contributed by atoms with E-state index in [-0.39, 0.29) is 0 Å². The van der Waals surface area contributed by atoms with Crippen molar-refractivity contribution in [2.24, 2.45) is 5.92 Å². The Morgan fingerprint density at radius 3 is 2.59 bits per heavy atom. The number of nitrogens with zero attached hydrogens (tertiary/aromatic N) is 3. The van der Waals surface area contributed by atoms with Gasteiger partial charge in [-0.1, -0.05) is 19.3 Å². The van der Waals surface area contributed by atoms with Gasteiger partial charge >= 0.3 is 0 Å². The first-order chi connectivity index (χ1) is 13.2. The first-order valence-corrected chi connectivity index (χ1v) is 11.0. The van der Waals surface area contributed by atoms with Crippen LogP contribution in [-0.4, -0.2) is 48.2 Å². The van der Waals surface area contributed by atoms with Crippen molar-refractivity contribution in [2.75, 3.05) is 43.6 Å². The standard InChI is InChI=1S/C19H31N5O2S/c1-24(2)13-16-8-9-17(25-16)14-27-11-10-20-18-19(23-26-22-18)21-12-15-6-4-3-5-7-15/h8-9,15H,3-7,10-14H2,1-2H3,(H,20,22)(H,21,23). The molecule has 0 spiro atoms. The summed E-state index contributed by atoms with van der Waals surface area (Å²) < 4.78 is 10.7. The molecule has 3 rings (SSSR count). The Bertz CT molecular complexity index is 667. The molecule has 0 bridgehead atoms. The summed E-state index contributed by atoms with van der Waals surface area (Å²) in [6, 6.07) is 4.12. The van der Waals surface area contributed by atoms with Crippen molar-refractivity contribution in [1.29, 1.82) is 0 Å². The molecule has 1 fully saturated rings. The van der Waals surface area contributed by atoms with E-state index in [0.29, 0.717) is 5.82 Å². The minimum absolute atomic E-state index is 0.706. The molecule has 0 saturated heterocycles. The molecular formula is C19H31N5O2S. The average Bonchev–Trinajstić information content (AvgIpc) is 3.29. The normalized spacial score (nSPS) is 15.4. The van der Waals surface area contributed by atoms with E-state index in [4.69, 9.17) is 9.05 Å². The highest BCUT2D eigenvalue weighted by atomic mass is 32.2. The first kappa shape index (κ1) is 20.1. The maximum Gasteiger partial charge on any atom is 0.215 e. The molecule has 27 heavy (non-hydrogen) atoms. The molecule has 0 aliphatic heterocycles. The van der Waals surface area contributed by atoms with E-state index in [2.05, 4.69) is 38.0 Å². The number of hydrogen-bond donors (Lipinski definition) is 2. The van der Waals surface area contributed by atoms with E-state index in [1.807, 2.05) is 25.9 Å². The van der Waals surface area contributed by atoms with Gasteiger partial charge in [-0.15, -0.1) is 0 Å². The zero-order valence-electron chi connectivity index (χ0n) is 16.4. The average molecular weight is 394 g/mol. The number of nitrogens with one attached hydrogen (secondary N) is 2. The van der Waals surface area contributed by atoms with Crippen LogP contribution in [0.1, 0.15) is 43.6 Å². The second-order valence-corrected chi connectivity index (χ2v) is 8.54. The summed E-state index contributed by atoms with van der Waals surface area (Å²) in [6.45, 7) is 2.59. The molecule has 150 valence electrons. The van der Waals surface area contributed by atoms with Gasteiger partial charge in [-0.25, -0.2) is 4.63 Å². The highest BCUT2D eigenvalue weighted by molar-refractivity contribution is 7.98. The van der Waals surface area contributed by atoms with Gasteiger partial charge in [0.2, 0.25) is 11.6 Å². The van der Waals surface area contributed by atoms with Gasteiger partial charge in [-0.05, 0) is 55.3 Å². The lowest BCUT2D eigenvalue weighted by Gasteiger charge is -2.21. The van der Waals surface area contributed by atoms with Gasteiger partial charge < -0.3 is 20.0 Å². The van der Waals surface area contributed by atoms with E-state index >= 15 is 0 Å². The van der Waals surface area contributed by atoms with Gasteiger partial charge in [-0.2, -0.15) is 11.8 Å². The Morgan fingerprint density at radius 2 is 1.81 bits per heavy atom. The fraction of sp³-hybridized carbons (Fsp3) is 0.684. The van der Waals surface area contributed by atoms with Crippen LogP contribution in [0.15, 0.2) is 21.2 Å². The molecule has 2 N–H and O–H groups in total. The molecule has 1 saturated carbocycles. The summed E-state index contributed by atoms with van der Waals surface area (Å²) >= 11 is 1.83. The van der Waals surface area contributed by atoms with Crippen LogP contribution < -0.4 is 10.6 Å². The summed E-state index contributed by atoms with van der Waals surface area (Å²) in [4.78, 5) is 2.10. The van der Waals surface area contributed by atoms with Crippen LogP contribution in [-0.2, 0) is 12.3 Å². The third-order valence-corrected chi connectivity index (χ3v) is 5.73. The third-order valence-electron chi connectivity index (χ3n) is 4.74. The highest BCUT2D eigenvalue weighted by Gasteiger charge is 2.15. The Labute approximate surface area is 165 Å². The van der Waals surface area contributed by atoms with Crippen molar-refractivity contribution < 1.29 is 9.05 Å². The van der Waals surface area contributed by atoms with Crippen LogP contribution in [0.2, 0.25) is 0 Å². The molecule has 1 aliphatic rings. The number of anilines is 2. The summed E-state index contributed by atoms with van der Waals surface area (Å²) in [7, 11) is 4.08. The smallest absolute Gasteiger partial charge is 0.215 e. The molecule has 7 nitrogen and oxygen atoms in total. The van der Waals surface area contributed by atoms with Crippen LogP contribution in [0, 0.1) is 5.92 Å². The quantitative estimate of drug-likeness (QED) is 0.553. The lowest BCUT2D eigenvalue weighted by molar-refractivity contribution is 0.309. The van der Waals surface area contributed by atoms with Crippen LogP contribution in [0.4, 0.5) is 11.6 Å². The van der Waals surface area contributed by atoms with Crippen molar-refractivity contribution in [2.45, 2.75) is 44.4 Å². The van der Waals surface area contributed by atoms with Crippen LogP contribution in [0.3, 0.4) is 0 Å². The summed E-state index contributed by atoms with van der Waals surface area (Å²) in [5, 5.41) is 14.7. The summed E-state index contributed by atoms with van der Waals surface area (Å²) in [5.41, 5.74) is 0. The predicted molar refractivity (Wildman–Crippen MR) is 110 cm³/mol. The third kappa shape index (κ3) is 6.77. The minimum Gasteiger partial charge on any atom is -0.464 e. The number of thioether (sulfide) groups is 1. The molecule has 0 amide bonds. The Kier molecular flexibility index (Phi) is 7.89. The second kappa shape index (κ2) is 10.6. The van der Waals surface area contributed by atoms with Crippen LogP contribution in [0.25, 0.3) is 0 Å². The lowest BCUT2D eigenvalue weighted by atomic mass is 9.89. The summed E-state index contributed by atoms with van der Waals surface area (Å²) in [6.07, 6.45) is 6.68. The fourth-order valence-corrected chi connectivity index (χ4v) is 4.11. The topological polar surface area (TPSA) is 79.4 Å². The molecule has 2 aromatic rings. The van der Waals surface area contributed by atoms with Crippen LogP contribution in [0.5, 0.6) is 0 Å². The zero-order valence-corrected chi connectivity index (χ0v) is 17.2. The first-order valence-electron chi connectivity index (χ1n) is 9.81. The zero-order chi connectivity index (χ0) is 18.9. The lowest BCUT2D eigenvalue weighted by Crippen LogP contribution is -2.18. The molecule has 0 atom stereocenters. The molecule has 2 heterocycles. The fourth-order valence-electron chi connectivity index (χ4n) is 3.36. The maximum atomic E-state index is 5.83. The monoisotopic (exact) mass is 393 g/mol. The van der Waals surface area contributed by atoms with Gasteiger partial charge in [0.25, 0.3) is 0 Å². The molecule has 0 aromatic carbocycles. The highest BCUT2D eigenvalue weighted by Crippen LogP contribution is 2.25. The number of aromatic nitrogens is 2. The molecule has 0 unspecified atom stereocenters.